The van der Waals surface area contributed by atoms with Crippen LogP contribution in [0.15, 0.2) is 62.9 Å². The van der Waals surface area contributed by atoms with E-state index in [2.05, 4.69) is 5.73 Å². The average molecular weight is 484 g/mol. The van der Waals surface area contributed by atoms with Gasteiger partial charge in [0.2, 0.25) is 0 Å². The van der Waals surface area contributed by atoms with Gasteiger partial charge in [0, 0.05) is 28.9 Å². The molecule has 0 aromatic rings. The third-order valence-corrected chi connectivity index (χ3v) is 5.54. The molecule has 0 spiro atoms. The number of rotatable bonds is 0. The van der Waals surface area contributed by atoms with Crippen LogP contribution in [-0.4, -0.2) is 17.7 Å². The standard InChI is InChI=1S/C23H23Cl2F6/c1-20(2,3)12-7-16(22(26,27)28)14(17(8-12)23(29,30)31)11-15-18(24)9-13(10-19(15)25)21(4,5)6/h7-10,18H,1-6H3/q+1. The molecule has 0 saturated carbocycles. The molecule has 0 aromatic heterocycles. The lowest BCUT2D eigenvalue weighted by Crippen LogP contribution is -2.30. The molecule has 0 aliphatic heterocycles. The van der Waals surface area contributed by atoms with Gasteiger partial charge in [0.05, 0.1) is 16.0 Å². The van der Waals surface area contributed by atoms with Crippen LogP contribution in [0.2, 0.25) is 0 Å². The van der Waals surface area contributed by atoms with Crippen LogP contribution in [-0.2, 0) is 0 Å². The van der Waals surface area contributed by atoms with E-state index in [1.54, 1.807) is 26.8 Å². The molecule has 0 aromatic carbocycles. The summed E-state index contributed by atoms with van der Waals surface area (Å²) in [5.41, 5.74) is -1.08. The second-order valence-electron chi connectivity index (χ2n) is 9.50. The molecule has 8 heteroatoms. The Hall–Kier alpha value is -1.49. The molecule has 0 radical (unpaired) electrons. The summed E-state index contributed by atoms with van der Waals surface area (Å²) in [6, 6.07) is 0. The molecule has 1 atom stereocenters. The molecule has 0 saturated heterocycles. The summed E-state index contributed by atoms with van der Waals surface area (Å²) >= 11 is 12.5. The summed E-state index contributed by atoms with van der Waals surface area (Å²) in [7, 11) is 0. The fourth-order valence-corrected chi connectivity index (χ4v) is 3.67. The minimum atomic E-state index is -5.04. The van der Waals surface area contributed by atoms with E-state index in [1.807, 2.05) is 20.8 Å². The van der Waals surface area contributed by atoms with Crippen LogP contribution in [0, 0.1) is 16.7 Å². The molecule has 31 heavy (non-hydrogen) atoms. The molecule has 0 N–H and O–H groups in total. The average Bonchev–Trinajstić information content (AvgIpc) is 2.53. The summed E-state index contributed by atoms with van der Waals surface area (Å²) in [6.07, 6.45) is -5.56. The molecule has 0 bridgehead atoms. The Balaban J connectivity index is 2.84. The van der Waals surface area contributed by atoms with E-state index in [1.165, 1.54) is 6.08 Å². The van der Waals surface area contributed by atoms with Crippen LogP contribution in [0.4, 0.5) is 26.3 Å². The second-order valence-corrected chi connectivity index (χ2v) is 10.4. The van der Waals surface area contributed by atoms with Crippen LogP contribution >= 0.6 is 23.2 Å². The first-order valence-electron chi connectivity index (χ1n) is 9.43. The second kappa shape index (κ2) is 8.13. The molecule has 2 aliphatic carbocycles. The fourth-order valence-electron chi connectivity index (χ4n) is 3.02. The lowest BCUT2D eigenvalue weighted by molar-refractivity contribution is -0.109. The van der Waals surface area contributed by atoms with E-state index in [4.69, 9.17) is 23.2 Å². The molecule has 0 fully saturated rings. The Bertz CT molecular complexity index is 935. The largest absolute Gasteiger partial charge is 0.456 e. The summed E-state index contributed by atoms with van der Waals surface area (Å²) in [6.45, 7) is 10.3. The highest BCUT2D eigenvalue weighted by molar-refractivity contribution is 6.35. The lowest BCUT2D eigenvalue weighted by atomic mass is 9.76. The first-order valence-corrected chi connectivity index (χ1v) is 10.2. The van der Waals surface area contributed by atoms with E-state index < -0.39 is 40.2 Å². The van der Waals surface area contributed by atoms with Gasteiger partial charge in [-0.15, -0.1) is 11.6 Å². The highest BCUT2D eigenvalue weighted by Crippen LogP contribution is 2.49. The lowest BCUT2D eigenvalue weighted by Gasteiger charge is -2.26. The third kappa shape index (κ3) is 5.85. The number of hydrogen-bond acceptors (Lipinski definition) is 0. The van der Waals surface area contributed by atoms with Crippen molar-refractivity contribution in [2.75, 3.05) is 0 Å². The Morgan fingerprint density at radius 3 is 1.77 bits per heavy atom. The van der Waals surface area contributed by atoms with Crippen molar-refractivity contribution in [3.05, 3.63) is 68.9 Å². The van der Waals surface area contributed by atoms with Crippen molar-refractivity contribution in [2.45, 2.75) is 59.3 Å². The first kappa shape index (κ1) is 25.8. The minimum Gasteiger partial charge on any atom is -0.157 e. The Labute approximate surface area is 188 Å². The maximum Gasteiger partial charge on any atom is 0.456 e. The number of allylic oxidation sites excluding steroid dienone is 9. The normalized spacial score (nSPS) is 21.4. The van der Waals surface area contributed by atoms with Gasteiger partial charge in [-0.3, -0.25) is 0 Å². The van der Waals surface area contributed by atoms with Crippen LogP contribution in [0.5, 0.6) is 0 Å². The van der Waals surface area contributed by atoms with Gasteiger partial charge in [-0.2, -0.15) is 26.3 Å². The van der Waals surface area contributed by atoms with Crippen molar-refractivity contribution in [1.82, 2.24) is 0 Å². The Morgan fingerprint density at radius 1 is 0.871 bits per heavy atom. The molecule has 0 heterocycles. The number of halogens is 8. The first-order chi connectivity index (χ1) is 13.7. The van der Waals surface area contributed by atoms with Gasteiger partial charge in [0.15, 0.2) is 17.1 Å². The van der Waals surface area contributed by atoms with Gasteiger partial charge in [0.1, 0.15) is 0 Å². The summed E-state index contributed by atoms with van der Waals surface area (Å²) < 4.78 is 83.1. The number of hydrogen-bond donors (Lipinski definition) is 0. The van der Waals surface area contributed by atoms with Gasteiger partial charge >= 0.3 is 12.4 Å². The quantitative estimate of drug-likeness (QED) is 0.140. The van der Waals surface area contributed by atoms with Crippen molar-refractivity contribution in [1.29, 1.82) is 0 Å². The van der Waals surface area contributed by atoms with Gasteiger partial charge in [-0.25, -0.2) is 0 Å². The van der Waals surface area contributed by atoms with Crippen LogP contribution in [0.1, 0.15) is 41.5 Å². The summed E-state index contributed by atoms with van der Waals surface area (Å²) in [5, 5.41) is -1.08. The minimum absolute atomic E-state index is 0.0476. The fraction of sp³-hybridized carbons (Fsp3) is 0.478. The van der Waals surface area contributed by atoms with Crippen molar-refractivity contribution in [2.24, 2.45) is 10.8 Å². The van der Waals surface area contributed by atoms with Crippen molar-refractivity contribution in [3.63, 3.8) is 0 Å². The Morgan fingerprint density at radius 2 is 1.39 bits per heavy atom. The zero-order valence-corrected chi connectivity index (χ0v) is 19.4. The van der Waals surface area contributed by atoms with Crippen molar-refractivity contribution >= 4 is 23.2 Å². The van der Waals surface area contributed by atoms with Gasteiger partial charge in [0.25, 0.3) is 0 Å². The topological polar surface area (TPSA) is 0 Å². The molecule has 170 valence electrons. The van der Waals surface area contributed by atoms with E-state index in [9.17, 15) is 26.3 Å². The van der Waals surface area contributed by atoms with E-state index in [0.717, 1.165) is 17.7 Å². The smallest absolute Gasteiger partial charge is 0.157 e. The molecule has 2 aliphatic rings. The Kier molecular flexibility index (Phi) is 6.76. The molecule has 1 unspecified atom stereocenters. The SMILES string of the molecule is CC(C)(C)C1=C[C+](C(F)(F)F)C(=C=C2C(Cl)=CC(C(C)(C)C)=CC2Cl)C(C(F)(F)F)=C1. The van der Waals surface area contributed by atoms with Crippen LogP contribution in [0.25, 0.3) is 0 Å². The monoisotopic (exact) mass is 483 g/mol. The van der Waals surface area contributed by atoms with Crippen LogP contribution < -0.4 is 0 Å². The highest BCUT2D eigenvalue weighted by Gasteiger charge is 2.56. The van der Waals surface area contributed by atoms with Gasteiger partial charge < -0.3 is 0 Å². The highest BCUT2D eigenvalue weighted by atomic mass is 35.5. The van der Waals surface area contributed by atoms with Crippen molar-refractivity contribution in [3.8, 4) is 0 Å². The predicted octanol–water partition coefficient (Wildman–Crippen LogP) is 8.77. The third-order valence-electron chi connectivity index (χ3n) is 4.88. The molecule has 0 amide bonds. The van der Waals surface area contributed by atoms with Crippen molar-refractivity contribution < 1.29 is 26.3 Å². The molecular formula is C23H23Cl2F6+. The zero-order chi connectivity index (χ0) is 24.2. The van der Waals surface area contributed by atoms with Gasteiger partial charge in [-0.05, 0) is 37.8 Å². The van der Waals surface area contributed by atoms with Gasteiger partial charge in [-0.1, -0.05) is 38.4 Å². The molecule has 0 nitrogen and oxygen atoms in total. The van der Waals surface area contributed by atoms with E-state index in [0.29, 0.717) is 0 Å². The summed E-state index contributed by atoms with van der Waals surface area (Å²) in [4.78, 5) is 0. The maximum absolute atomic E-state index is 13.8. The maximum atomic E-state index is 13.8. The predicted molar refractivity (Wildman–Crippen MR) is 113 cm³/mol. The van der Waals surface area contributed by atoms with E-state index in [-0.39, 0.29) is 21.6 Å². The molecule has 2 rings (SSSR count). The van der Waals surface area contributed by atoms with E-state index >= 15 is 0 Å². The molecular weight excluding hydrogens is 461 g/mol. The van der Waals surface area contributed by atoms with Crippen LogP contribution in [0.3, 0.4) is 0 Å². The zero-order valence-electron chi connectivity index (χ0n) is 17.9. The number of alkyl halides is 7. The summed E-state index contributed by atoms with van der Waals surface area (Å²) in [5.74, 6) is -1.43.